The Bertz CT molecular complexity index is 457. The molecule has 2 heterocycles. The molecule has 0 saturated carbocycles. The van der Waals surface area contributed by atoms with E-state index in [1.54, 1.807) is 0 Å². The lowest BCUT2D eigenvalue weighted by Crippen LogP contribution is -2.55. The quantitative estimate of drug-likeness (QED) is 0.813. The average Bonchev–Trinajstić information content (AvgIpc) is 2.84. The summed E-state index contributed by atoms with van der Waals surface area (Å²) in [4.78, 5) is 16.9. The second kappa shape index (κ2) is 4.97. The summed E-state index contributed by atoms with van der Waals surface area (Å²) in [5.74, 6) is 0.302. The Balaban J connectivity index is 1.81. The van der Waals surface area contributed by atoms with Crippen LogP contribution in [0.3, 0.4) is 0 Å². The van der Waals surface area contributed by atoms with Gasteiger partial charge in [-0.15, -0.1) is 0 Å². The van der Waals surface area contributed by atoms with E-state index in [2.05, 4.69) is 47.9 Å². The highest BCUT2D eigenvalue weighted by Gasteiger charge is 2.42. The largest absolute Gasteiger partial charge is 0.330 e. The van der Waals surface area contributed by atoms with Crippen molar-refractivity contribution in [2.75, 3.05) is 13.1 Å². The maximum Gasteiger partial charge on any atom is 0.237 e. The third kappa shape index (κ3) is 2.27. The predicted octanol–water partition coefficient (Wildman–Crippen LogP) is 2.44. The van der Waals surface area contributed by atoms with Gasteiger partial charge in [-0.2, -0.15) is 0 Å². The van der Waals surface area contributed by atoms with Gasteiger partial charge in [0.2, 0.25) is 5.91 Å². The molecular weight excluding hydrogens is 236 g/mol. The zero-order valence-electron chi connectivity index (χ0n) is 11.7. The van der Waals surface area contributed by atoms with E-state index in [-0.39, 0.29) is 0 Å². The molecular formula is C16H22N2O. The zero-order chi connectivity index (χ0) is 13.4. The van der Waals surface area contributed by atoms with Crippen LogP contribution in [0, 0.1) is 0 Å². The van der Waals surface area contributed by atoms with Crippen LogP contribution in [0.5, 0.6) is 0 Å². The first-order valence-corrected chi connectivity index (χ1v) is 7.27. The number of hydrogen-bond acceptors (Lipinski definition) is 2. The highest BCUT2D eigenvalue weighted by atomic mass is 16.2. The Labute approximate surface area is 115 Å². The van der Waals surface area contributed by atoms with Crippen LogP contribution in [-0.2, 0) is 4.79 Å². The van der Waals surface area contributed by atoms with E-state index in [1.165, 1.54) is 5.56 Å². The molecule has 3 rings (SSSR count). The van der Waals surface area contributed by atoms with Gasteiger partial charge < -0.3 is 4.90 Å². The standard InChI is InChI=1S/C16H22N2O/c1-12(2)17-10-14-8-9-15(18(14)16(19)11-17)13-6-4-3-5-7-13/h3-7,12,14-15H,8-11H2,1-2H3/t14-,15+/m0/s1. The minimum atomic E-state index is 0.299. The Kier molecular flexibility index (Phi) is 3.31. The van der Waals surface area contributed by atoms with Crippen LogP contribution in [0.4, 0.5) is 0 Å². The zero-order valence-corrected chi connectivity index (χ0v) is 11.7. The van der Waals surface area contributed by atoms with Gasteiger partial charge in [-0.1, -0.05) is 30.3 Å². The van der Waals surface area contributed by atoms with E-state index in [0.29, 0.717) is 30.6 Å². The van der Waals surface area contributed by atoms with Gasteiger partial charge in [0.15, 0.2) is 0 Å². The lowest BCUT2D eigenvalue weighted by atomic mass is 10.0. The van der Waals surface area contributed by atoms with Gasteiger partial charge in [0.1, 0.15) is 0 Å². The molecule has 0 aromatic heterocycles. The summed E-state index contributed by atoms with van der Waals surface area (Å²) in [6.07, 6.45) is 2.24. The van der Waals surface area contributed by atoms with Crippen LogP contribution in [-0.4, -0.2) is 40.9 Å². The number of benzene rings is 1. The molecule has 3 nitrogen and oxygen atoms in total. The average molecular weight is 258 g/mol. The maximum atomic E-state index is 12.5. The van der Waals surface area contributed by atoms with Crippen LogP contribution in [0.15, 0.2) is 30.3 Å². The predicted molar refractivity (Wildman–Crippen MR) is 75.8 cm³/mol. The van der Waals surface area contributed by atoms with Gasteiger partial charge in [-0.3, -0.25) is 9.69 Å². The van der Waals surface area contributed by atoms with Gasteiger partial charge in [-0.05, 0) is 32.3 Å². The Morgan fingerprint density at radius 3 is 2.58 bits per heavy atom. The second-order valence-electron chi connectivity index (χ2n) is 5.98. The van der Waals surface area contributed by atoms with Crippen LogP contribution in [0.1, 0.15) is 38.3 Å². The summed E-state index contributed by atoms with van der Waals surface area (Å²) in [5, 5.41) is 0. The first-order valence-electron chi connectivity index (χ1n) is 7.27. The van der Waals surface area contributed by atoms with E-state index in [1.807, 2.05) is 6.07 Å². The normalized spacial score (nSPS) is 27.9. The molecule has 3 heteroatoms. The van der Waals surface area contributed by atoms with Gasteiger partial charge in [-0.25, -0.2) is 0 Å². The Hall–Kier alpha value is -1.35. The van der Waals surface area contributed by atoms with E-state index in [4.69, 9.17) is 0 Å². The molecule has 0 spiro atoms. The fraction of sp³-hybridized carbons (Fsp3) is 0.562. The van der Waals surface area contributed by atoms with Crippen molar-refractivity contribution < 1.29 is 4.79 Å². The summed E-state index contributed by atoms with van der Waals surface area (Å²) in [7, 11) is 0. The number of amides is 1. The number of carbonyl (C=O) groups is 1. The summed E-state index contributed by atoms with van der Waals surface area (Å²) >= 11 is 0. The van der Waals surface area contributed by atoms with Crippen LogP contribution < -0.4 is 0 Å². The lowest BCUT2D eigenvalue weighted by molar-refractivity contribution is -0.141. The second-order valence-corrected chi connectivity index (χ2v) is 5.98. The topological polar surface area (TPSA) is 23.6 Å². The van der Waals surface area contributed by atoms with Gasteiger partial charge in [0.05, 0.1) is 12.6 Å². The van der Waals surface area contributed by atoms with Crippen molar-refractivity contribution in [2.45, 2.75) is 44.8 Å². The van der Waals surface area contributed by atoms with Crippen molar-refractivity contribution in [3.05, 3.63) is 35.9 Å². The van der Waals surface area contributed by atoms with Gasteiger partial charge in [0.25, 0.3) is 0 Å². The molecule has 2 atom stereocenters. The smallest absolute Gasteiger partial charge is 0.237 e. The summed E-state index contributed by atoms with van der Waals surface area (Å²) in [6.45, 7) is 5.96. The number of piperazine rings is 1. The van der Waals surface area contributed by atoms with E-state index >= 15 is 0 Å². The molecule has 1 aromatic carbocycles. The fourth-order valence-corrected chi connectivity index (χ4v) is 3.43. The summed E-state index contributed by atoms with van der Waals surface area (Å²) in [5.41, 5.74) is 1.29. The highest BCUT2D eigenvalue weighted by Crippen LogP contribution is 2.38. The molecule has 1 amide bonds. The molecule has 2 fully saturated rings. The van der Waals surface area contributed by atoms with Crippen LogP contribution in [0.25, 0.3) is 0 Å². The molecule has 2 aliphatic rings. The lowest BCUT2D eigenvalue weighted by Gasteiger charge is -2.41. The van der Waals surface area contributed by atoms with E-state index in [0.717, 1.165) is 19.4 Å². The van der Waals surface area contributed by atoms with Crippen molar-refractivity contribution in [3.8, 4) is 0 Å². The van der Waals surface area contributed by atoms with Crippen LogP contribution in [0.2, 0.25) is 0 Å². The first-order chi connectivity index (χ1) is 9.16. The van der Waals surface area contributed by atoms with Crippen molar-refractivity contribution in [1.29, 1.82) is 0 Å². The number of fused-ring (bicyclic) bond motifs is 1. The van der Waals surface area contributed by atoms with Gasteiger partial charge >= 0.3 is 0 Å². The van der Waals surface area contributed by atoms with E-state index < -0.39 is 0 Å². The van der Waals surface area contributed by atoms with E-state index in [9.17, 15) is 4.79 Å². The van der Waals surface area contributed by atoms with Gasteiger partial charge in [0, 0.05) is 18.6 Å². The first kappa shape index (κ1) is 12.7. The molecule has 19 heavy (non-hydrogen) atoms. The highest BCUT2D eigenvalue weighted by molar-refractivity contribution is 5.80. The Morgan fingerprint density at radius 2 is 1.89 bits per heavy atom. The number of carbonyl (C=O) groups excluding carboxylic acids is 1. The van der Waals surface area contributed by atoms with Crippen LogP contribution >= 0.6 is 0 Å². The van der Waals surface area contributed by atoms with Crippen molar-refractivity contribution in [3.63, 3.8) is 0 Å². The minimum Gasteiger partial charge on any atom is -0.330 e. The summed E-state index contributed by atoms with van der Waals surface area (Å²) in [6, 6.07) is 11.6. The Morgan fingerprint density at radius 1 is 1.16 bits per heavy atom. The molecule has 0 N–H and O–H groups in total. The molecule has 2 saturated heterocycles. The molecule has 0 radical (unpaired) electrons. The molecule has 102 valence electrons. The van der Waals surface area contributed by atoms with Crippen molar-refractivity contribution in [1.82, 2.24) is 9.80 Å². The van der Waals surface area contributed by atoms with Crippen molar-refractivity contribution in [2.24, 2.45) is 0 Å². The molecule has 0 unspecified atom stereocenters. The fourth-order valence-electron chi connectivity index (χ4n) is 3.43. The molecule has 1 aromatic rings. The molecule has 2 aliphatic heterocycles. The number of rotatable bonds is 2. The monoisotopic (exact) mass is 258 g/mol. The minimum absolute atomic E-state index is 0.299. The maximum absolute atomic E-state index is 12.5. The summed E-state index contributed by atoms with van der Waals surface area (Å²) < 4.78 is 0. The molecule has 0 aliphatic carbocycles. The van der Waals surface area contributed by atoms with Crippen molar-refractivity contribution >= 4 is 5.91 Å². The SMILES string of the molecule is CC(C)N1CC(=O)N2[C@@H](CC[C@@H]2c2ccccc2)C1. The number of hydrogen-bond donors (Lipinski definition) is 0. The third-order valence-corrected chi connectivity index (χ3v) is 4.49. The number of nitrogens with zero attached hydrogens (tertiary/aromatic N) is 2. The third-order valence-electron chi connectivity index (χ3n) is 4.49. The molecule has 0 bridgehead atoms.